The van der Waals surface area contributed by atoms with E-state index in [1.165, 1.54) is 0 Å². The van der Waals surface area contributed by atoms with Crippen molar-refractivity contribution in [3.05, 3.63) is 29.8 Å². The Morgan fingerprint density at radius 1 is 1.32 bits per heavy atom. The van der Waals surface area contributed by atoms with Gasteiger partial charge in [-0.1, -0.05) is 18.2 Å². The van der Waals surface area contributed by atoms with Crippen LogP contribution in [0.3, 0.4) is 0 Å². The lowest BCUT2D eigenvalue weighted by Gasteiger charge is -2.25. The molecular weight excluding hydrogens is 285 g/mol. The first-order valence-corrected chi connectivity index (χ1v) is 6.91. The molecule has 0 amide bonds. The summed E-state index contributed by atoms with van der Waals surface area (Å²) < 4.78 is 67.0. The van der Waals surface area contributed by atoms with Crippen LogP contribution in [0.4, 0.5) is 13.2 Å². The van der Waals surface area contributed by atoms with Crippen molar-refractivity contribution >= 4 is 10.1 Å². The van der Waals surface area contributed by atoms with Gasteiger partial charge in [-0.15, -0.1) is 0 Å². The maximum Gasteiger partial charge on any atom is 0.523 e. The van der Waals surface area contributed by atoms with Crippen LogP contribution in [0.25, 0.3) is 0 Å². The zero-order valence-corrected chi connectivity index (χ0v) is 10.5. The van der Waals surface area contributed by atoms with Gasteiger partial charge in [0.1, 0.15) is 18.5 Å². The lowest BCUT2D eigenvalue weighted by atomic mass is 10.0. The molecule has 0 bridgehead atoms. The molecule has 0 fully saturated rings. The molecule has 1 aliphatic heterocycles. The second-order valence-corrected chi connectivity index (χ2v) is 5.68. The van der Waals surface area contributed by atoms with E-state index >= 15 is 0 Å². The molecule has 0 spiro atoms. The van der Waals surface area contributed by atoms with E-state index in [0.29, 0.717) is 18.6 Å². The number of halogens is 3. The predicted molar refractivity (Wildman–Crippen MR) is 60.1 cm³/mol. The molecule has 8 heteroatoms. The van der Waals surface area contributed by atoms with Gasteiger partial charge in [-0.3, -0.25) is 4.18 Å². The molecule has 1 aromatic carbocycles. The van der Waals surface area contributed by atoms with Gasteiger partial charge in [-0.25, -0.2) is 0 Å². The molecular formula is C11H11F3O4S. The summed E-state index contributed by atoms with van der Waals surface area (Å²) >= 11 is 0. The molecule has 2 rings (SSSR count). The standard InChI is InChI=1S/C11H11F3O4S/c12-11(13,14)19(15,16)17-7-9-6-5-8-3-1-2-4-10(8)18-9/h1-4,9H,5-7H2/t9-/m0/s1. The first-order chi connectivity index (χ1) is 8.79. The van der Waals surface area contributed by atoms with Crippen LogP contribution in [-0.2, 0) is 20.7 Å². The van der Waals surface area contributed by atoms with Gasteiger partial charge in [0.2, 0.25) is 0 Å². The van der Waals surface area contributed by atoms with Crippen LogP contribution in [0.2, 0.25) is 0 Å². The molecule has 1 heterocycles. The van der Waals surface area contributed by atoms with Gasteiger partial charge < -0.3 is 4.74 Å². The van der Waals surface area contributed by atoms with Crippen LogP contribution in [0, 0.1) is 0 Å². The molecule has 0 radical (unpaired) electrons. The third kappa shape index (κ3) is 3.19. The van der Waals surface area contributed by atoms with Gasteiger partial charge in [0.25, 0.3) is 0 Å². The Balaban J connectivity index is 1.97. The van der Waals surface area contributed by atoms with E-state index in [1.807, 2.05) is 12.1 Å². The van der Waals surface area contributed by atoms with E-state index in [-0.39, 0.29) is 0 Å². The summed E-state index contributed by atoms with van der Waals surface area (Å²) in [4.78, 5) is 0. The van der Waals surface area contributed by atoms with Crippen LogP contribution >= 0.6 is 0 Å². The summed E-state index contributed by atoms with van der Waals surface area (Å²) in [6.45, 7) is -0.643. The van der Waals surface area contributed by atoms with Crippen molar-refractivity contribution in [1.29, 1.82) is 0 Å². The lowest BCUT2D eigenvalue weighted by molar-refractivity contribution is -0.0562. The maximum atomic E-state index is 12.1. The molecule has 1 aromatic rings. The first-order valence-electron chi connectivity index (χ1n) is 5.50. The van der Waals surface area contributed by atoms with Crippen LogP contribution in [0.1, 0.15) is 12.0 Å². The van der Waals surface area contributed by atoms with Crippen LogP contribution in [0.5, 0.6) is 5.75 Å². The number of fused-ring (bicyclic) bond motifs is 1. The molecule has 0 aromatic heterocycles. The highest BCUT2D eigenvalue weighted by Crippen LogP contribution is 2.29. The van der Waals surface area contributed by atoms with E-state index in [0.717, 1.165) is 5.56 Å². The van der Waals surface area contributed by atoms with Crippen molar-refractivity contribution < 1.29 is 30.5 Å². The van der Waals surface area contributed by atoms with Crippen molar-refractivity contribution in [2.75, 3.05) is 6.61 Å². The van der Waals surface area contributed by atoms with E-state index in [4.69, 9.17) is 4.74 Å². The van der Waals surface area contributed by atoms with Gasteiger partial charge in [0.05, 0.1) is 0 Å². The summed E-state index contributed by atoms with van der Waals surface area (Å²) in [6.07, 6.45) is 0.313. The van der Waals surface area contributed by atoms with Crippen molar-refractivity contribution in [2.24, 2.45) is 0 Å². The summed E-state index contributed by atoms with van der Waals surface area (Å²) in [5.41, 5.74) is -4.46. The fourth-order valence-electron chi connectivity index (χ4n) is 1.73. The number of benzene rings is 1. The largest absolute Gasteiger partial charge is 0.523 e. The van der Waals surface area contributed by atoms with Crippen molar-refractivity contribution in [2.45, 2.75) is 24.5 Å². The summed E-state index contributed by atoms with van der Waals surface area (Å²) in [6, 6.07) is 7.08. The Kier molecular flexibility index (Phi) is 3.73. The van der Waals surface area contributed by atoms with E-state index < -0.39 is 28.3 Å². The normalized spacial score (nSPS) is 19.6. The fraction of sp³-hybridized carbons (Fsp3) is 0.455. The van der Waals surface area contributed by atoms with E-state index in [1.54, 1.807) is 12.1 Å². The molecule has 0 N–H and O–H groups in total. The minimum Gasteiger partial charge on any atom is -0.488 e. The quantitative estimate of drug-likeness (QED) is 0.634. The number of aryl methyl sites for hydroxylation is 1. The Labute approximate surface area is 108 Å². The molecule has 106 valence electrons. The third-order valence-corrected chi connectivity index (χ3v) is 3.71. The van der Waals surface area contributed by atoms with Gasteiger partial charge in [-0.2, -0.15) is 21.6 Å². The molecule has 1 aliphatic rings. The number of hydrogen-bond acceptors (Lipinski definition) is 4. The zero-order valence-electron chi connectivity index (χ0n) is 9.68. The average Bonchev–Trinajstić information content (AvgIpc) is 2.35. The van der Waals surface area contributed by atoms with Crippen LogP contribution in [0.15, 0.2) is 24.3 Å². The zero-order chi connectivity index (χ0) is 14.1. The highest BCUT2D eigenvalue weighted by atomic mass is 32.2. The fourth-order valence-corrected chi connectivity index (χ4v) is 2.19. The van der Waals surface area contributed by atoms with Gasteiger partial charge >= 0.3 is 15.6 Å². The summed E-state index contributed by atoms with van der Waals surface area (Å²) in [7, 11) is -5.55. The molecule has 19 heavy (non-hydrogen) atoms. The van der Waals surface area contributed by atoms with E-state index in [2.05, 4.69) is 4.18 Å². The SMILES string of the molecule is O=S(=O)(OC[C@@H]1CCc2ccccc2O1)C(F)(F)F. The monoisotopic (exact) mass is 296 g/mol. The number of rotatable bonds is 3. The second kappa shape index (κ2) is 5.01. The average molecular weight is 296 g/mol. The molecule has 1 atom stereocenters. The summed E-state index contributed by atoms with van der Waals surface area (Å²) in [5, 5.41) is 0. The summed E-state index contributed by atoms with van der Waals surface area (Å²) in [5.74, 6) is 0.548. The lowest BCUT2D eigenvalue weighted by Crippen LogP contribution is -2.33. The molecule has 0 unspecified atom stereocenters. The topological polar surface area (TPSA) is 52.6 Å². The molecule has 0 saturated heterocycles. The minimum atomic E-state index is -5.55. The van der Waals surface area contributed by atoms with Crippen molar-refractivity contribution in [3.8, 4) is 5.75 Å². The highest BCUT2D eigenvalue weighted by Gasteiger charge is 2.47. The number of hydrogen-bond donors (Lipinski definition) is 0. The van der Waals surface area contributed by atoms with Gasteiger partial charge in [0, 0.05) is 0 Å². The second-order valence-electron chi connectivity index (χ2n) is 4.07. The highest BCUT2D eigenvalue weighted by molar-refractivity contribution is 7.87. The Morgan fingerprint density at radius 3 is 2.68 bits per heavy atom. The van der Waals surface area contributed by atoms with Crippen molar-refractivity contribution in [3.63, 3.8) is 0 Å². The number of alkyl halides is 3. The van der Waals surface area contributed by atoms with Crippen LogP contribution in [-0.4, -0.2) is 26.6 Å². The number of para-hydroxylation sites is 1. The Morgan fingerprint density at radius 2 is 2.00 bits per heavy atom. The maximum absolute atomic E-state index is 12.1. The van der Waals surface area contributed by atoms with E-state index in [9.17, 15) is 21.6 Å². The van der Waals surface area contributed by atoms with Crippen LogP contribution < -0.4 is 4.74 Å². The van der Waals surface area contributed by atoms with Gasteiger partial charge in [0.15, 0.2) is 0 Å². The minimum absolute atomic E-state index is 0.407. The predicted octanol–water partition coefficient (Wildman–Crippen LogP) is 2.25. The molecule has 0 aliphatic carbocycles. The molecule has 4 nitrogen and oxygen atoms in total. The Bertz CT molecular complexity index is 553. The molecule has 0 saturated carbocycles. The van der Waals surface area contributed by atoms with Gasteiger partial charge in [-0.05, 0) is 24.5 Å². The Hall–Kier alpha value is -1.28. The first kappa shape index (κ1) is 14.1. The smallest absolute Gasteiger partial charge is 0.488 e. The number of ether oxygens (including phenoxy) is 1. The van der Waals surface area contributed by atoms with Crippen molar-refractivity contribution in [1.82, 2.24) is 0 Å². The third-order valence-electron chi connectivity index (χ3n) is 2.69.